The van der Waals surface area contributed by atoms with Gasteiger partial charge in [-0.2, -0.15) is 0 Å². The third kappa shape index (κ3) is 3.71. The van der Waals surface area contributed by atoms with Gasteiger partial charge in [0, 0.05) is 31.4 Å². The second kappa shape index (κ2) is 7.18. The Morgan fingerprint density at radius 2 is 2.05 bits per heavy atom. The lowest BCUT2D eigenvalue weighted by molar-refractivity contribution is -0.121. The number of rotatable bonds is 5. The number of nitrogens with one attached hydrogen (secondary N) is 2. The van der Waals surface area contributed by atoms with Crippen LogP contribution in [0.25, 0.3) is 0 Å². The van der Waals surface area contributed by atoms with Gasteiger partial charge >= 0.3 is 0 Å². The largest absolute Gasteiger partial charge is 0.354 e. The van der Waals surface area contributed by atoms with Gasteiger partial charge in [-0.25, -0.2) is 0 Å². The molecule has 0 saturated heterocycles. The number of benzene rings is 1. The van der Waals surface area contributed by atoms with Gasteiger partial charge in [0.15, 0.2) is 0 Å². The molecule has 0 bridgehead atoms. The fraction of sp³-hybridized carbons (Fsp3) is 0.333. The normalized spacial score (nSPS) is 16.8. The highest BCUT2D eigenvalue weighted by Crippen LogP contribution is 2.21. The predicted molar refractivity (Wildman–Crippen MR) is 86.5 cm³/mol. The molecule has 0 fully saturated rings. The fourth-order valence-corrected chi connectivity index (χ4v) is 2.89. The summed E-state index contributed by atoms with van der Waals surface area (Å²) >= 11 is 0. The van der Waals surface area contributed by atoms with E-state index < -0.39 is 0 Å². The maximum atomic E-state index is 12.0. The lowest BCUT2D eigenvalue weighted by atomic mass is 9.94. The Morgan fingerprint density at radius 3 is 2.91 bits per heavy atom. The number of carbonyl (C=O) groups is 1. The molecule has 1 aliphatic rings. The van der Waals surface area contributed by atoms with Gasteiger partial charge in [0.25, 0.3) is 0 Å². The van der Waals surface area contributed by atoms with Crippen LogP contribution in [0.3, 0.4) is 0 Å². The number of amides is 1. The van der Waals surface area contributed by atoms with Crippen molar-refractivity contribution in [2.24, 2.45) is 0 Å². The van der Waals surface area contributed by atoms with Crippen molar-refractivity contribution < 1.29 is 4.79 Å². The lowest BCUT2D eigenvalue weighted by Crippen LogP contribution is -2.38. The van der Waals surface area contributed by atoms with Crippen LogP contribution in [-0.2, 0) is 17.6 Å². The van der Waals surface area contributed by atoms with Crippen molar-refractivity contribution in [1.82, 2.24) is 15.6 Å². The van der Waals surface area contributed by atoms with Crippen molar-refractivity contribution in [3.05, 3.63) is 65.5 Å². The zero-order chi connectivity index (χ0) is 15.2. The summed E-state index contributed by atoms with van der Waals surface area (Å²) in [5.41, 5.74) is 3.84. The minimum atomic E-state index is 0.0988. The molecule has 1 atom stereocenters. The van der Waals surface area contributed by atoms with Gasteiger partial charge in [0.2, 0.25) is 5.91 Å². The monoisotopic (exact) mass is 295 g/mol. The molecule has 2 heterocycles. The van der Waals surface area contributed by atoms with E-state index in [2.05, 4.69) is 39.9 Å². The molecule has 1 aliphatic heterocycles. The molecule has 3 rings (SSSR count). The van der Waals surface area contributed by atoms with Gasteiger partial charge in [-0.05, 0) is 48.2 Å². The van der Waals surface area contributed by atoms with E-state index in [-0.39, 0.29) is 11.9 Å². The number of nitrogens with zero attached hydrogens (tertiary/aromatic N) is 1. The molecule has 1 amide bonds. The quantitative estimate of drug-likeness (QED) is 0.887. The number of pyridine rings is 1. The first-order chi connectivity index (χ1) is 10.8. The van der Waals surface area contributed by atoms with Crippen LogP contribution in [0.4, 0.5) is 0 Å². The number of aryl methyl sites for hydroxylation is 1. The van der Waals surface area contributed by atoms with Gasteiger partial charge in [-0.3, -0.25) is 9.78 Å². The summed E-state index contributed by atoms with van der Waals surface area (Å²) in [5, 5.41) is 6.53. The first-order valence-electron chi connectivity index (χ1n) is 7.80. The van der Waals surface area contributed by atoms with Gasteiger partial charge in [-0.15, -0.1) is 0 Å². The molecule has 2 N–H and O–H groups in total. The average molecular weight is 295 g/mol. The van der Waals surface area contributed by atoms with E-state index in [1.807, 2.05) is 12.1 Å². The Kier molecular flexibility index (Phi) is 4.81. The van der Waals surface area contributed by atoms with E-state index in [9.17, 15) is 4.79 Å². The third-order valence-electron chi connectivity index (χ3n) is 4.11. The first-order valence-corrected chi connectivity index (χ1v) is 7.80. The molecular formula is C18H21N3O. The van der Waals surface area contributed by atoms with E-state index in [1.165, 1.54) is 11.1 Å². The summed E-state index contributed by atoms with van der Waals surface area (Å²) in [5.74, 6) is 0.0988. The zero-order valence-electron chi connectivity index (χ0n) is 12.6. The Morgan fingerprint density at radius 1 is 1.23 bits per heavy atom. The molecule has 0 aliphatic carbocycles. The summed E-state index contributed by atoms with van der Waals surface area (Å²) in [6.45, 7) is 1.61. The fourth-order valence-electron chi connectivity index (χ4n) is 2.89. The summed E-state index contributed by atoms with van der Waals surface area (Å²) in [6, 6.07) is 12.6. The molecule has 0 spiro atoms. The molecule has 0 saturated carbocycles. The predicted octanol–water partition coefficient (Wildman–Crippen LogP) is 2.02. The van der Waals surface area contributed by atoms with Crippen LogP contribution in [0.1, 0.15) is 29.2 Å². The molecular weight excluding hydrogens is 274 g/mol. The SMILES string of the molecule is O=C(CCc1ccncc1)NCC1NCCc2ccccc21. The molecule has 22 heavy (non-hydrogen) atoms. The van der Waals surface area contributed by atoms with E-state index in [1.54, 1.807) is 12.4 Å². The third-order valence-corrected chi connectivity index (χ3v) is 4.11. The Bertz CT molecular complexity index is 627. The number of fused-ring (bicyclic) bond motifs is 1. The van der Waals surface area contributed by atoms with Gasteiger partial charge in [-0.1, -0.05) is 24.3 Å². The number of carbonyl (C=O) groups excluding carboxylic acids is 1. The minimum Gasteiger partial charge on any atom is -0.354 e. The Hall–Kier alpha value is -2.20. The smallest absolute Gasteiger partial charge is 0.220 e. The van der Waals surface area contributed by atoms with E-state index >= 15 is 0 Å². The van der Waals surface area contributed by atoms with Crippen LogP contribution in [-0.4, -0.2) is 24.0 Å². The van der Waals surface area contributed by atoms with Gasteiger partial charge < -0.3 is 10.6 Å². The molecule has 1 aromatic heterocycles. The number of aromatic nitrogens is 1. The molecule has 1 unspecified atom stereocenters. The number of hydrogen-bond donors (Lipinski definition) is 2. The molecule has 0 radical (unpaired) electrons. The van der Waals surface area contributed by atoms with E-state index in [0.717, 1.165) is 24.9 Å². The van der Waals surface area contributed by atoms with Crippen molar-refractivity contribution >= 4 is 5.91 Å². The highest BCUT2D eigenvalue weighted by molar-refractivity contribution is 5.76. The molecule has 4 heteroatoms. The summed E-state index contributed by atoms with van der Waals surface area (Å²) < 4.78 is 0. The van der Waals surface area contributed by atoms with E-state index in [4.69, 9.17) is 0 Å². The van der Waals surface area contributed by atoms with Crippen LogP contribution in [0.15, 0.2) is 48.8 Å². The summed E-state index contributed by atoms with van der Waals surface area (Å²) in [4.78, 5) is 16.0. The highest BCUT2D eigenvalue weighted by Gasteiger charge is 2.19. The van der Waals surface area contributed by atoms with E-state index in [0.29, 0.717) is 13.0 Å². The molecule has 1 aromatic carbocycles. The topological polar surface area (TPSA) is 54.0 Å². The lowest BCUT2D eigenvalue weighted by Gasteiger charge is -2.27. The maximum Gasteiger partial charge on any atom is 0.220 e. The van der Waals surface area contributed by atoms with Crippen molar-refractivity contribution in [2.45, 2.75) is 25.3 Å². The molecule has 114 valence electrons. The highest BCUT2D eigenvalue weighted by atomic mass is 16.1. The van der Waals surface area contributed by atoms with Crippen molar-refractivity contribution in [2.75, 3.05) is 13.1 Å². The van der Waals surface area contributed by atoms with Crippen molar-refractivity contribution in [3.63, 3.8) is 0 Å². The standard InChI is InChI=1S/C18H21N3O/c22-18(6-5-14-7-10-19-11-8-14)21-13-17-16-4-2-1-3-15(16)9-12-20-17/h1-4,7-8,10-11,17,20H,5-6,9,12-13H2,(H,21,22). The second-order valence-corrected chi connectivity index (χ2v) is 5.62. The zero-order valence-corrected chi connectivity index (χ0v) is 12.6. The van der Waals surface area contributed by atoms with Crippen LogP contribution >= 0.6 is 0 Å². The minimum absolute atomic E-state index is 0.0988. The summed E-state index contributed by atoms with van der Waals surface area (Å²) in [7, 11) is 0. The van der Waals surface area contributed by atoms with Crippen molar-refractivity contribution in [1.29, 1.82) is 0 Å². The van der Waals surface area contributed by atoms with Crippen LogP contribution in [0.5, 0.6) is 0 Å². The van der Waals surface area contributed by atoms with Crippen LogP contribution < -0.4 is 10.6 Å². The van der Waals surface area contributed by atoms with Gasteiger partial charge in [0.1, 0.15) is 0 Å². The molecule has 4 nitrogen and oxygen atoms in total. The molecule has 2 aromatic rings. The Balaban J connectivity index is 1.50. The second-order valence-electron chi connectivity index (χ2n) is 5.62. The number of hydrogen-bond acceptors (Lipinski definition) is 3. The maximum absolute atomic E-state index is 12.0. The average Bonchev–Trinajstić information content (AvgIpc) is 2.59. The Labute approximate surface area is 131 Å². The first kappa shape index (κ1) is 14.7. The van der Waals surface area contributed by atoms with Crippen LogP contribution in [0, 0.1) is 0 Å². The van der Waals surface area contributed by atoms with Gasteiger partial charge in [0.05, 0.1) is 0 Å². The van der Waals surface area contributed by atoms with Crippen molar-refractivity contribution in [3.8, 4) is 0 Å². The van der Waals surface area contributed by atoms with Crippen LogP contribution in [0.2, 0.25) is 0 Å². The summed E-state index contributed by atoms with van der Waals surface area (Å²) in [6.07, 6.45) is 5.84.